The fourth-order valence-corrected chi connectivity index (χ4v) is 2.57. The monoisotopic (exact) mass is 298 g/mol. The van der Waals surface area contributed by atoms with E-state index in [-0.39, 0.29) is 17.7 Å². The number of carbonyl (C=O) groups is 1. The van der Waals surface area contributed by atoms with Crippen LogP contribution in [0.2, 0.25) is 0 Å². The van der Waals surface area contributed by atoms with E-state index in [4.69, 9.17) is 0 Å². The Hall–Kier alpha value is -1.69. The lowest BCUT2D eigenvalue weighted by Gasteiger charge is -2.22. The number of amides is 1. The molecule has 0 bridgehead atoms. The first-order chi connectivity index (χ1) is 10.0. The third kappa shape index (κ3) is 3.50. The molecule has 0 radical (unpaired) electrons. The largest absolute Gasteiger partial charge is 0.434 e. The van der Waals surface area contributed by atoms with Gasteiger partial charge < -0.3 is 9.64 Å². The summed E-state index contributed by atoms with van der Waals surface area (Å²) in [6.07, 6.45) is 2.26. The molecule has 2 rings (SSSR count). The van der Waals surface area contributed by atoms with E-state index in [1.54, 1.807) is 30.1 Å². The number of nitrogens with zero attached hydrogens (tertiary/aromatic N) is 1. The second-order valence-corrected chi connectivity index (χ2v) is 5.13. The van der Waals surface area contributed by atoms with Crippen molar-refractivity contribution < 1.29 is 18.3 Å². The van der Waals surface area contributed by atoms with Gasteiger partial charge in [0, 0.05) is 12.6 Å². The molecule has 4 nitrogen and oxygen atoms in total. The van der Waals surface area contributed by atoms with Gasteiger partial charge >= 0.3 is 6.61 Å². The molecule has 2 atom stereocenters. The van der Waals surface area contributed by atoms with Crippen LogP contribution in [0.3, 0.4) is 0 Å². The van der Waals surface area contributed by atoms with Crippen LogP contribution in [0.4, 0.5) is 8.78 Å². The lowest BCUT2D eigenvalue weighted by atomic mass is 10.1. The van der Waals surface area contributed by atoms with Crippen LogP contribution in [-0.2, 0) is 4.79 Å². The molecule has 1 aliphatic rings. The molecule has 1 saturated heterocycles. The van der Waals surface area contributed by atoms with Crippen molar-refractivity contribution in [2.45, 2.75) is 45.0 Å². The van der Waals surface area contributed by atoms with Crippen molar-refractivity contribution in [1.82, 2.24) is 10.2 Å². The zero-order chi connectivity index (χ0) is 15.4. The molecule has 1 heterocycles. The molecule has 21 heavy (non-hydrogen) atoms. The maximum Gasteiger partial charge on any atom is 0.387 e. The highest BCUT2D eigenvalue weighted by Gasteiger charge is 2.38. The Bertz CT molecular complexity index is 496. The summed E-state index contributed by atoms with van der Waals surface area (Å²) in [5.41, 5.74) is 0.549. The lowest BCUT2D eigenvalue weighted by molar-refractivity contribution is -0.128. The van der Waals surface area contributed by atoms with E-state index < -0.39 is 12.8 Å². The summed E-state index contributed by atoms with van der Waals surface area (Å²) in [5.74, 6) is 0.0843. The van der Waals surface area contributed by atoms with E-state index in [9.17, 15) is 13.6 Å². The third-order valence-electron chi connectivity index (χ3n) is 3.67. The normalized spacial score (nSPS) is 22.1. The Balaban J connectivity index is 2.20. The zero-order valence-electron chi connectivity index (χ0n) is 12.2. The van der Waals surface area contributed by atoms with Crippen molar-refractivity contribution >= 4 is 5.91 Å². The van der Waals surface area contributed by atoms with Crippen molar-refractivity contribution in [2.75, 3.05) is 7.05 Å². The van der Waals surface area contributed by atoms with E-state index in [2.05, 4.69) is 17.0 Å². The summed E-state index contributed by atoms with van der Waals surface area (Å²) in [4.78, 5) is 13.8. The van der Waals surface area contributed by atoms with Crippen molar-refractivity contribution in [3.63, 3.8) is 0 Å². The smallest absolute Gasteiger partial charge is 0.387 e. The summed E-state index contributed by atoms with van der Waals surface area (Å²) >= 11 is 0. The molecule has 1 aliphatic heterocycles. The van der Waals surface area contributed by atoms with Gasteiger partial charge in [-0.25, -0.2) is 0 Å². The van der Waals surface area contributed by atoms with Gasteiger partial charge in [-0.15, -0.1) is 0 Å². The van der Waals surface area contributed by atoms with Gasteiger partial charge in [-0.2, -0.15) is 8.78 Å². The van der Waals surface area contributed by atoms with Gasteiger partial charge in [0.15, 0.2) is 0 Å². The average Bonchev–Trinajstić information content (AvgIpc) is 2.73. The van der Waals surface area contributed by atoms with E-state index in [1.165, 1.54) is 6.07 Å². The number of likely N-dealkylation sites (N-methyl/N-ethyl adjacent to an activating group) is 1. The standard InChI is InChI=1S/C15H20F2N2O2/c1-3-4-8-11-14(20)19(2)13(18-11)10-7-5-6-9-12(10)21-15(16)17/h5-7,9,11,13,15,18H,3-4,8H2,1-2H3. The Morgan fingerprint density at radius 1 is 1.38 bits per heavy atom. The van der Waals surface area contributed by atoms with Gasteiger partial charge in [0.2, 0.25) is 5.91 Å². The van der Waals surface area contributed by atoms with Gasteiger partial charge in [-0.1, -0.05) is 38.0 Å². The van der Waals surface area contributed by atoms with Gasteiger partial charge in [-0.05, 0) is 12.5 Å². The van der Waals surface area contributed by atoms with Crippen LogP contribution in [-0.4, -0.2) is 30.5 Å². The lowest BCUT2D eigenvalue weighted by Crippen LogP contribution is -2.28. The number of unbranched alkanes of at least 4 members (excludes halogenated alkanes) is 1. The Kier molecular flexibility index (Phi) is 5.12. The van der Waals surface area contributed by atoms with Crippen LogP contribution in [0.1, 0.15) is 37.9 Å². The van der Waals surface area contributed by atoms with Crippen LogP contribution in [0.5, 0.6) is 5.75 Å². The van der Waals surface area contributed by atoms with Gasteiger partial charge in [0.1, 0.15) is 11.9 Å². The minimum atomic E-state index is -2.88. The summed E-state index contributed by atoms with van der Waals surface area (Å²) in [6.45, 7) is -0.823. The second kappa shape index (κ2) is 6.85. The number of ether oxygens (including phenoxy) is 1. The molecule has 6 heteroatoms. The number of halogens is 2. The topological polar surface area (TPSA) is 41.6 Å². The Morgan fingerprint density at radius 3 is 2.76 bits per heavy atom. The van der Waals surface area contributed by atoms with Gasteiger partial charge in [-0.3, -0.25) is 10.1 Å². The van der Waals surface area contributed by atoms with Crippen LogP contribution >= 0.6 is 0 Å². The molecule has 0 spiro atoms. The minimum Gasteiger partial charge on any atom is -0.434 e. The molecule has 1 aromatic carbocycles. The van der Waals surface area contributed by atoms with Crippen molar-refractivity contribution in [3.8, 4) is 5.75 Å². The highest BCUT2D eigenvalue weighted by Crippen LogP contribution is 2.32. The summed E-state index contributed by atoms with van der Waals surface area (Å²) in [5, 5.41) is 3.21. The quantitative estimate of drug-likeness (QED) is 0.878. The molecular weight excluding hydrogens is 278 g/mol. The predicted molar refractivity (Wildman–Crippen MR) is 75.0 cm³/mol. The van der Waals surface area contributed by atoms with Crippen LogP contribution in [0.15, 0.2) is 24.3 Å². The number of nitrogens with one attached hydrogen (secondary N) is 1. The Labute approximate surface area is 123 Å². The first-order valence-electron chi connectivity index (χ1n) is 7.11. The van der Waals surface area contributed by atoms with Crippen LogP contribution in [0, 0.1) is 0 Å². The summed E-state index contributed by atoms with van der Waals surface area (Å²) < 4.78 is 29.5. The average molecular weight is 298 g/mol. The van der Waals surface area contributed by atoms with Crippen LogP contribution in [0.25, 0.3) is 0 Å². The second-order valence-electron chi connectivity index (χ2n) is 5.13. The van der Waals surface area contributed by atoms with Gasteiger partial charge in [0.05, 0.1) is 6.04 Å². The number of hydrogen-bond acceptors (Lipinski definition) is 3. The highest BCUT2D eigenvalue weighted by molar-refractivity contribution is 5.84. The number of carbonyl (C=O) groups excluding carboxylic acids is 1. The molecule has 1 aromatic rings. The van der Waals surface area contributed by atoms with E-state index in [0.29, 0.717) is 5.56 Å². The first kappa shape index (κ1) is 15.7. The van der Waals surface area contributed by atoms with Crippen molar-refractivity contribution in [1.29, 1.82) is 0 Å². The summed E-state index contributed by atoms with van der Waals surface area (Å²) in [6, 6.07) is 6.29. The zero-order valence-corrected chi connectivity index (χ0v) is 12.2. The number of benzene rings is 1. The molecular formula is C15H20F2N2O2. The molecule has 1 N–H and O–H groups in total. The van der Waals surface area contributed by atoms with Crippen molar-refractivity contribution in [3.05, 3.63) is 29.8 Å². The summed E-state index contributed by atoms with van der Waals surface area (Å²) in [7, 11) is 1.67. The Morgan fingerprint density at radius 2 is 2.10 bits per heavy atom. The molecule has 0 aliphatic carbocycles. The minimum absolute atomic E-state index is 0.0136. The SMILES string of the molecule is CCCCC1NC(c2ccccc2OC(F)F)N(C)C1=O. The molecule has 2 unspecified atom stereocenters. The predicted octanol–water partition coefficient (Wildman–Crippen LogP) is 2.91. The molecule has 1 amide bonds. The van der Waals surface area contributed by atoms with Gasteiger partial charge in [0.25, 0.3) is 0 Å². The van der Waals surface area contributed by atoms with Crippen LogP contribution < -0.4 is 10.1 Å². The van der Waals surface area contributed by atoms with E-state index >= 15 is 0 Å². The molecule has 1 fully saturated rings. The fraction of sp³-hybridized carbons (Fsp3) is 0.533. The number of rotatable bonds is 6. The third-order valence-corrected chi connectivity index (χ3v) is 3.67. The van der Waals surface area contributed by atoms with Crippen molar-refractivity contribution in [2.24, 2.45) is 0 Å². The van der Waals surface area contributed by atoms with E-state index in [1.807, 2.05) is 0 Å². The molecule has 116 valence electrons. The number of para-hydroxylation sites is 1. The first-order valence-corrected chi connectivity index (χ1v) is 7.11. The maximum absolute atomic E-state index is 12.5. The maximum atomic E-state index is 12.5. The number of alkyl halides is 2. The van der Waals surface area contributed by atoms with E-state index in [0.717, 1.165) is 19.3 Å². The molecule has 0 saturated carbocycles. The number of hydrogen-bond donors (Lipinski definition) is 1. The fourth-order valence-electron chi connectivity index (χ4n) is 2.57. The molecule has 0 aromatic heterocycles. The highest BCUT2D eigenvalue weighted by atomic mass is 19.3.